The van der Waals surface area contributed by atoms with E-state index in [1.807, 2.05) is 13.0 Å². The van der Waals surface area contributed by atoms with Crippen LogP contribution in [-0.2, 0) is 4.79 Å². The molecule has 7 heteroatoms. The van der Waals surface area contributed by atoms with E-state index in [2.05, 4.69) is 15.3 Å². The lowest BCUT2D eigenvalue weighted by Crippen LogP contribution is -2.23. The molecule has 0 saturated carbocycles. The van der Waals surface area contributed by atoms with Gasteiger partial charge < -0.3 is 15.0 Å². The number of rotatable bonds is 6. The Morgan fingerprint density at radius 2 is 1.96 bits per heavy atom. The summed E-state index contributed by atoms with van der Waals surface area (Å²) in [6.07, 6.45) is 0. The number of fused-ring (bicyclic) bond motifs is 1. The molecule has 3 rings (SSSR count). The molecule has 0 fully saturated rings. The fourth-order valence-electron chi connectivity index (χ4n) is 2.39. The minimum atomic E-state index is -0.425. The number of benzene rings is 2. The Labute approximate surface area is 155 Å². The zero-order valence-electron chi connectivity index (χ0n) is 14.5. The normalized spacial score (nSPS) is 11.9. The number of H-pyrrole nitrogens is 1. The summed E-state index contributed by atoms with van der Waals surface area (Å²) in [5, 5.41) is 3.37. The second-order valence-corrected chi connectivity index (χ2v) is 6.92. The van der Waals surface area contributed by atoms with E-state index in [1.54, 1.807) is 49.4 Å². The first-order valence-electron chi connectivity index (χ1n) is 8.26. The van der Waals surface area contributed by atoms with Crippen molar-refractivity contribution in [3.8, 4) is 5.75 Å². The molecule has 0 saturated heterocycles. The first-order chi connectivity index (χ1) is 12.6. The molecule has 0 aliphatic heterocycles. The number of carbonyl (C=O) groups is 1. The molecule has 2 aromatic carbocycles. The maximum absolute atomic E-state index is 12.4. The first kappa shape index (κ1) is 18.0. The van der Waals surface area contributed by atoms with Crippen LogP contribution in [-0.4, -0.2) is 27.7 Å². The van der Waals surface area contributed by atoms with Gasteiger partial charge in [-0.15, -0.1) is 0 Å². The van der Waals surface area contributed by atoms with Crippen molar-refractivity contribution in [2.24, 2.45) is 0 Å². The van der Waals surface area contributed by atoms with Crippen LogP contribution in [0.4, 0.5) is 5.69 Å². The second kappa shape index (κ2) is 8.05. The van der Waals surface area contributed by atoms with Crippen LogP contribution in [0.1, 0.15) is 13.8 Å². The van der Waals surface area contributed by atoms with Crippen molar-refractivity contribution >= 4 is 34.3 Å². The standard InChI is InChI=1S/C19H19N3O3S/c1-3-25-14-10-8-13(9-11-14)20-17(23)12(2)26-19-21-16-7-5-4-6-15(16)18(24)22-19/h4-12H,3H2,1-2H3,(H,20,23)(H,21,22,24)/t12-/m0/s1. The van der Waals surface area contributed by atoms with E-state index in [4.69, 9.17) is 4.74 Å². The monoisotopic (exact) mass is 369 g/mol. The highest BCUT2D eigenvalue weighted by Crippen LogP contribution is 2.22. The maximum atomic E-state index is 12.4. The Morgan fingerprint density at radius 3 is 2.69 bits per heavy atom. The molecule has 6 nitrogen and oxygen atoms in total. The Balaban J connectivity index is 1.68. The van der Waals surface area contributed by atoms with Gasteiger partial charge >= 0.3 is 0 Å². The maximum Gasteiger partial charge on any atom is 0.259 e. The summed E-state index contributed by atoms with van der Waals surface area (Å²) in [4.78, 5) is 31.6. The molecule has 0 bridgehead atoms. The minimum Gasteiger partial charge on any atom is -0.494 e. The molecule has 1 amide bonds. The van der Waals surface area contributed by atoms with Crippen molar-refractivity contribution in [2.45, 2.75) is 24.3 Å². The Morgan fingerprint density at radius 1 is 1.23 bits per heavy atom. The molecule has 1 aromatic heterocycles. The summed E-state index contributed by atoms with van der Waals surface area (Å²) in [5.74, 6) is 0.584. The zero-order valence-corrected chi connectivity index (χ0v) is 15.3. The smallest absolute Gasteiger partial charge is 0.259 e. The van der Waals surface area contributed by atoms with Crippen LogP contribution in [0.3, 0.4) is 0 Å². The minimum absolute atomic E-state index is 0.171. The highest BCUT2D eigenvalue weighted by molar-refractivity contribution is 8.00. The van der Waals surface area contributed by atoms with Gasteiger partial charge in [-0.25, -0.2) is 4.98 Å². The lowest BCUT2D eigenvalue weighted by molar-refractivity contribution is -0.115. The summed E-state index contributed by atoms with van der Waals surface area (Å²) in [7, 11) is 0. The van der Waals surface area contributed by atoms with Crippen LogP contribution in [0.15, 0.2) is 58.5 Å². The van der Waals surface area contributed by atoms with Crippen molar-refractivity contribution in [3.63, 3.8) is 0 Å². The molecule has 0 aliphatic rings. The number of thioether (sulfide) groups is 1. The summed E-state index contributed by atoms with van der Waals surface area (Å²) >= 11 is 1.21. The first-order valence-corrected chi connectivity index (χ1v) is 9.14. The van der Waals surface area contributed by atoms with Gasteiger partial charge in [0.1, 0.15) is 5.75 Å². The van der Waals surface area contributed by atoms with Crippen molar-refractivity contribution in [1.29, 1.82) is 0 Å². The van der Waals surface area contributed by atoms with E-state index >= 15 is 0 Å². The molecule has 2 N–H and O–H groups in total. The predicted molar refractivity (Wildman–Crippen MR) is 104 cm³/mol. The van der Waals surface area contributed by atoms with E-state index < -0.39 is 5.25 Å². The van der Waals surface area contributed by atoms with Gasteiger partial charge in [0, 0.05) is 5.69 Å². The Kier molecular flexibility index (Phi) is 5.58. The quantitative estimate of drug-likeness (QED) is 0.514. The van der Waals surface area contributed by atoms with Crippen molar-refractivity contribution in [2.75, 3.05) is 11.9 Å². The molecule has 0 aliphatic carbocycles. The van der Waals surface area contributed by atoms with Crippen molar-refractivity contribution in [1.82, 2.24) is 9.97 Å². The summed E-state index contributed by atoms with van der Waals surface area (Å²) in [6, 6.07) is 14.3. The number of hydrogen-bond acceptors (Lipinski definition) is 5. The molecule has 1 heterocycles. The number of ether oxygens (including phenoxy) is 1. The molecule has 26 heavy (non-hydrogen) atoms. The lowest BCUT2D eigenvalue weighted by Gasteiger charge is -2.12. The number of nitrogens with zero attached hydrogens (tertiary/aromatic N) is 1. The molecule has 0 radical (unpaired) electrons. The third-order valence-electron chi connectivity index (χ3n) is 3.68. The van der Waals surface area contributed by atoms with Gasteiger partial charge in [-0.3, -0.25) is 9.59 Å². The number of aromatic amines is 1. The molecule has 1 atom stereocenters. The van der Waals surface area contributed by atoms with E-state index in [0.29, 0.717) is 28.4 Å². The number of para-hydroxylation sites is 1. The van der Waals surface area contributed by atoms with Crippen LogP contribution < -0.4 is 15.6 Å². The van der Waals surface area contributed by atoms with Crippen LogP contribution in [0.5, 0.6) is 5.75 Å². The predicted octanol–water partition coefficient (Wildman–Crippen LogP) is 3.44. The fraction of sp³-hybridized carbons (Fsp3) is 0.211. The summed E-state index contributed by atoms with van der Waals surface area (Å²) < 4.78 is 5.38. The van der Waals surface area contributed by atoms with Gasteiger partial charge in [-0.1, -0.05) is 23.9 Å². The van der Waals surface area contributed by atoms with Crippen molar-refractivity contribution in [3.05, 3.63) is 58.9 Å². The Hall–Kier alpha value is -2.80. The number of nitrogens with one attached hydrogen (secondary N) is 2. The van der Waals surface area contributed by atoms with Gasteiger partial charge in [-0.2, -0.15) is 0 Å². The van der Waals surface area contributed by atoms with Crippen LogP contribution >= 0.6 is 11.8 Å². The zero-order chi connectivity index (χ0) is 18.5. The largest absolute Gasteiger partial charge is 0.494 e. The van der Waals surface area contributed by atoms with E-state index in [1.165, 1.54) is 11.8 Å². The van der Waals surface area contributed by atoms with Gasteiger partial charge in [0.15, 0.2) is 5.16 Å². The van der Waals surface area contributed by atoms with Crippen LogP contribution in [0.25, 0.3) is 10.9 Å². The highest BCUT2D eigenvalue weighted by Gasteiger charge is 2.16. The second-order valence-electron chi connectivity index (χ2n) is 5.59. The number of carbonyl (C=O) groups excluding carboxylic acids is 1. The number of hydrogen-bond donors (Lipinski definition) is 2. The highest BCUT2D eigenvalue weighted by atomic mass is 32.2. The topological polar surface area (TPSA) is 84.1 Å². The molecule has 0 spiro atoms. The summed E-state index contributed by atoms with van der Waals surface area (Å²) in [5.41, 5.74) is 1.08. The third kappa shape index (κ3) is 4.23. The number of amides is 1. The van der Waals surface area contributed by atoms with E-state index in [9.17, 15) is 9.59 Å². The average Bonchev–Trinajstić information content (AvgIpc) is 2.63. The van der Waals surface area contributed by atoms with Crippen LogP contribution in [0, 0.1) is 0 Å². The van der Waals surface area contributed by atoms with Gasteiger partial charge in [0.05, 0.1) is 22.8 Å². The molecule has 134 valence electrons. The van der Waals surface area contributed by atoms with Gasteiger partial charge in [-0.05, 0) is 50.2 Å². The number of aromatic nitrogens is 2. The van der Waals surface area contributed by atoms with E-state index in [0.717, 1.165) is 5.75 Å². The van der Waals surface area contributed by atoms with Gasteiger partial charge in [0.25, 0.3) is 5.56 Å². The van der Waals surface area contributed by atoms with Crippen molar-refractivity contribution < 1.29 is 9.53 Å². The van der Waals surface area contributed by atoms with Gasteiger partial charge in [0.2, 0.25) is 5.91 Å². The average molecular weight is 369 g/mol. The number of anilines is 1. The summed E-state index contributed by atoms with van der Waals surface area (Å²) in [6.45, 7) is 4.28. The molecule has 3 aromatic rings. The molecular formula is C19H19N3O3S. The SMILES string of the molecule is CCOc1ccc(NC(=O)[C@H](C)Sc2nc3ccccc3c(=O)[nH]2)cc1. The Bertz CT molecular complexity index is 970. The molecular weight excluding hydrogens is 350 g/mol. The molecule has 0 unspecified atom stereocenters. The van der Waals surface area contributed by atoms with E-state index in [-0.39, 0.29) is 11.5 Å². The fourth-order valence-corrected chi connectivity index (χ4v) is 3.19. The lowest BCUT2D eigenvalue weighted by atomic mass is 10.2. The third-order valence-corrected chi connectivity index (χ3v) is 4.67. The van der Waals surface area contributed by atoms with Crippen LogP contribution in [0.2, 0.25) is 0 Å².